The van der Waals surface area contributed by atoms with Crippen molar-refractivity contribution in [2.75, 3.05) is 6.61 Å². The van der Waals surface area contributed by atoms with E-state index in [-0.39, 0.29) is 6.61 Å². The Bertz CT molecular complexity index is 627. The van der Waals surface area contributed by atoms with Gasteiger partial charge in [-0.15, -0.1) is 15.2 Å². The Morgan fingerprint density at radius 3 is 2.62 bits per heavy atom. The number of aliphatic hydroxyl groups excluding tert-OH is 1. The van der Waals surface area contributed by atoms with E-state index in [1.54, 1.807) is 0 Å². The van der Waals surface area contributed by atoms with Gasteiger partial charge >= 0.3 is 0 Å². The third-order valence-electron chi connectivity index (χ3n) is 3.05. The van der Waals surface area contributed by atoms with E-state index < -0.39 is 0 Å². The van der Waals surface area contributed by atoms with Crippen molar-refractivity contribution in [3.8, 4) is 17.6 Å². The number of ether oxygens (including phenoxy) is 1. The Hall–Kier alpha value is -1.81. The van der Waals surface area contributed by atoms with Crippen molar-refractivity contribution in [3.05, 3.63) is 59.7 Å². The smallest absolute Gasteiger partial charge is 0.123 e. The van der Waals surface area contributed by atoms with Crippen molar-refractivity contribution in [2.45, 2.75) is 19.4 Å². The zero-order valence-electron chi connectivity index (χ0n) is 11.9. The van der Waals surface area contributed by atoms with Crippen LogP contribution in [0, 0.1) is 11.8 Å². The van der Waals surface area contributed by atoms with Gasteiger partial charge in [0.1, 0.15) is 19.0 Å². The van der Waals surface area contributed by atoms with E-state index in [0.29, 0.717) is 6.61 Å². The summed E-state index contributed by atoms with van der Waals surface area (Å²) < 4.78 is 5.93. The maximum absolute atomic E-state index is 8.67. The van der Waals surface area contributed by atoms with Crippen molar-refractivity contribution in [1.29, 1.82) is 0 Å². The highest BCUT2D eigenvalue weighted by molar-refractivity contribution is 7.27. The molecule has 1 N–H and O–H groups in total. The number of hydrogen-bond acceptors (Lipinski definition) is 2. The fraction of sp³-hybridized carbons (Fsp3) is 0.222. The van der Waals surface area contributed by atoms with Gasteiger partial charge in [-0.1, -0.05) is 42.3 Å². The van der Waals surface area contributed by atoms with Crippen LogP contribution in [-0.2, 0) is 13.0 Å². The van der Waals surface area contributed by atoms with Crippen LogP contribution >= 0.6 is 9.24 Å². The number of aryl methyl sites for hydroxylation is 1. The van der Waals surface area contributed by atoms with E-state index in [4.69, 9.17) is 9.84 Å². The predicted molar refractivity (Wildman–Crippen MR) is 89.7 cm³/mol. The van der Waals surface area contributed by atoms with E-state index in [1.165, 1.54) is 0 Å². The van der Waals surface area contributed by atoms with Gasteiger partial charge < -0.3 is 9.84 Å². The molecule has 2 aromatic carbocycles. The number of hydrogen-bond donors (Lipinski definition) is 1. The molecule has 108 valence electrons. The summed E-state index contributed by atoms with van der Waals surface area (Å²) in [7, 11) is 2.70. The fourth-order valence-electron chi connectivity index (χ4n) is 2.01. The van der Waals surface area contributed by atoms with Crippen molar-refractivity contribution < 1.29 is 9.84 Å². The highest BCUT2D eigenvalue weighted by Crippen LogP contribution is 2.20. The van der Waals surface area contributed by atoms with Gasteiger partial charge in [0.25, 0.3) is 0 Å². The van der Waals surface area contributed by atoms with Crippen LogP contribution in [0.15, 0.2) is 48.5 Å². The lowest BCUT2D eigenvalue weighted by molar-refractivity contribution is 0.303. The quantitative estimate of drug-likeness (QED) is 0.679. The van der Waals surface area contributed by atoms with E-state index >= 15 is 0 Å². The van der Waals surface area contributed by atoms with E-state index in [1.807, 2.05) is 30.3 Å². The summed E-state index contributed by atoms with van der Waals surface area (Å²) in [5.74, 6) is 6.51. The number of rotatable bonds is 5. The lowest BCUT2D eigenvalue weighted by atomic mass is 10.1. The van der Waals surface area contributed by atoms with Crippen LogP contribution < -0.4 is 10.0 Å². The summed E-state index contributed by atoms with van der Waals surface area (Å²) in [5, 5.41) is 9.80. The minimum Gasteiger partial charge on any atom is -0.489 e. The number of benzene rings is 2. The Morgan fingerprint density at radius 1 is 1.05 bits per heavy atom. The Kier molecular flexibility index (Phi) is 6.28. The normalized spacial score (nSPS) is 9.81. The van der Waals surface area contributed by atoms with Gasteiger partial charge in [-0.3, -0.25) is 0 Å². The predicted octanol–water partition coefficient (Wildman–Crippen LogP) is 2.69. The molecule has 0 aliphatic heterocycles. The first-order valence-electron chi connectivity index (χ1n) is 6.91. The zero-order valence-corrected chi connectivity index (χ0v) is 13.0. The molecule has 1 atom stereocenters. The minimum absolute atomic E-state index is 0.0823. The van der Waals surface area contributed by atoms with Crippen LogP contribution in [0.5, 0.6) is 5.75 Å². The topological polar surface area (TPSA) is 29.5 Å². The molecule has 2 nitrogen and oxygen atoms in total. The molecule has 0 heterocycles. The second kappa shape index (κ2) is 8.47. The summed E-state index contributed by atoms with van der Waals surface area (Å²) in [6, 6.07) is 16.2. The third-order valence-corrected chi connectivity index (χ3v) is 3.40. The molecule has 0 saturated heterocycles. The van der Waals surface area contributed by atoms with E-state index in [0.717, 1.165) is 35.0 Å². The molecule has 0 saturated carbocycles. The lowest BCUT2D eigenvalue weighted by Crippen LogP contribution is -2.02. The van der Waals surface area contributed by atoms with Crippen molar-refractivity contribution in [1.82, 2.24) is 0 Å². The average Bonchev–Trinajstić information content (AvgIpc) is 2.52. The summed E-state index contributed by atoms with van der Waals surface area (Å²) in [4.78, 5) is 0. The maximum atomic E-state index is 8.67. The summed E-state index contributed by atoms with van der Waals surface area (Å²) >= 11 is 0. The number of aliphatic hydroxyl groups is 1. The molecular weight excluding hydrogens is 279 g/mol. The van der Waals surface area contributed by atoms with Crippen molar-refractivity contribution >= 4 is 14.5 Å². The van der Waals surface area contributed by atoms with Crippen LogP contribution in [0.3, 0.4) is 0 Å². The highest BCUT2D eigenvalue weighted by Gasteiger charge is 2.04. The molecule has 21 heavy (non-hydrogen) atoms. The van der Waals surface area contributed by atoms with Crippen molar-refractivity contribution in [3.63, 3.8) is 0 Å². The van der Waals surface area contributed by atoms with Gasteiger partial charge in [-0.2, -0.15) is 0 Å². The molecule has 0 aliphatic rings. The lowest BCUT2D eigenvalue weighted by Gasteiger charge is -2.11. The molecule has 0 aromatic heterocycles. The Morgan fingerprint density at radius 2 is 1.86 bits per heavy atom. The third kappa shape index (κ3) is 5.23. The largest absolute Gasteiger partial charge is 0.489 e. The Labute approximate surface area is 128 Å². The molecule has 0 aliphatic carbocycles. The molecule has 0 bridgehead atoms. The van der Waals surface area contributed by atoms with E-state index in [9.17, 15) is 0 Å². The fourth-order valence-corrected chi connectivity index (χ4v) is 2.31. The van der Waals surface area contributed by atoms with Gasteiger partial charge in [-0.25, -0.2) is 0 Å². The first-order valence-corrected chi connectivity index (χ1v) is 7.49. The van der Waals surface area contributed by atoms with Crippen molar-refractivity contribution in [2.24, 2.45) is 0 Å². The second-order valence-corrected chi connectivity index (χ2v) is 5.32. The highest BCUT2D eigenvalue weighted by atomic mass is 31.0. The molecule has 0 amide bonds. The molecule has 0 radical (unpaired) electrons. The Balaban J connectivity index is 2.04. The first-order chi connectivity index (χ1) is 10.3. The van der Waals surface area contributed by atoms with E-state index in [2.05, 4.69) is 39.3 Å². The molecular formula is C18H19O2P. The average molecular weight is 298 g/mol. The summed E-state index contributed by atoms with van der Waals surface area (Å²) in [5.41, 5.74) is 2.30. The second-order valence-electron chi connectivity index (χ2n) is 4.65. The van der Waals surface area contributed by atoms with Gasteiger partial charge in [-0.05, 0) is 35.0 Å². The first kappa shape index (κ1) is 15.6. The van der Waals surface area contributed by atoms with Gasteiger partial charge in [0.2, 0.25) is 0 Å². The van der Waals surface area contributed by atoms with Crippen LogP contribution in [0.1, 0.15) is 17.5 Å². The molecule has 3 heteroatoms. The van der Waals surface area contributed by atoms with Gasteiger partial charge in [0.05, 0.1) is 0 Å². The molecule has 2 aromatic rings. The monoisotopic (exact) mass is 298 g/mol. The molecule has 0 fully saturated rings. The molecule has 1 unspecified atom stereocenters. The van der Waals surface area contributed by atoms with Gasteiger partial charge in [0.15, 0.2) is 0 Å². The maximum Gasteiger partial charge on any atom is 0.123 e. The molecule has 2 rings (SSSR count). The molecule has 0 spiro atoms. The summed E-state index contributed by atoms with van der Waals surface area (Å²) in [6.45, 7) is 0.480. The zero-order chi connectivity index (χ0) is 14.9. The minimum atomic E-state index is -0.0823. The van der Waals surface area contributed by atoms with Crippen LogP contribution in [-0.4, -0.2) is 11.7 Å². The van der Waals surface area contributed by atoms with Crippen LogP contribution in [0.4, 0.5) is 0 Å². The van der Waals surface area contributed by atoms with Crippen LogP contribution in [0.2, 0.25) is 0 Å². The van der Waals surface area contributed by atoms with Crippen LogP contribution in [0.25, 0.3) is 0 Å². The standard InChI is InChI=1S/C18H19O2P/c19-12-6-2-5-9-16-13-17(21)10-11-18(16)20-14-15-7-3-1-4-8-15/h1,3-4,7-8,10-11,13,19H,5,9,12,14,21H2. The van der Waals surface area contributed by atoms with Gasteiger partial charge in [0, 0.05) is 6.42 Å². The SMILES string of the molecule is OCC#CCCc1cc(P)ccc1OCc1ccccc1. The summed E-state index contributed by atoms with van der Waals surface area (Å²) in [6.07, 6.45) is 1.54.